The molecule has 16 heteroatoms. The summed E-state index contributed by atoms with van der Waals surface area (Å²) in [7, 11) is 1.58. The zero-order chi connectivity index (χ0) is 34.1. The smallest absolute Gasteiger partial charge is 0.417 e. The summed E-state index contributed by atoms with van der Waals surface area (Å²) in [5.74, 6) is -2.69. The number of likely N-dealkylation sites (N-methyl/N-ethyl adjacent to an activating group) is 1. The topological polar surface area (TPSA) is 114 Å². The molecule has 0 unspecified atom stereocenters. The highest BCUT2D eigenvalue weighted by Gasteiger charge is 2.49. The number of benzene rings is 2. The van der Waals surface area contributed by atoms with Gasteiger partial charge in [-0.25, -0.2) is 13.2 Å². The number of carbonyl (C=O) groups is 1. The number of halogens is 6. The Hall–Kier alpha value is -4.60. The van der Waals surface area contributed by atoms with E-state index in [0.29, 0.717) is 25.9 Å². The van der Waals surface area contributed by atoms with Crippen molar-refractivity contribution >= 4 is 39.7 Å². The second-order valence-electron chi connectivity index (χ2n) is 12.6. The number of oxazole rings is 1. The summed E-state index contributed by atoms with van der Waals surface area (Å²) in [5, 5.41) is -0.268. The standard InChI is InChI=1S/C32H31F6N7O3/c1-3-22(46)44-10-7-17(14-44)43(2)28-19-11-20(32(36,37)38)23(18-5-6-21(34)27-26(18)40-29(39)48-27)24(35)25(19)41-30(42-28)47-15-31-8-4-9-45(31)13-16(33)12-31/h3,5-6,11,16-17H,1,4,7-10,12-15H2,2H3,(H2,39,40)/t16-,17-,31+/m1/s1. The minimum Gasteiger partial charge on any atom is -0.461 e. The highest BCUT2D eigenvalue weighted by atomic mass is 19.4. The van der Waals surface area contributed by atoms with E-state index in [-0.39, 0.29) is 49.2 Å². The van der Waals surface area contributed by atoms with Gasteiger partial charge in [0.25, 0.3) is 6.01 Å². The van der Waals surface area contributed by atoms with E-state index in [1.54, 1.807) is 16.8 Å². The molecule has 0 bridgehead atoms. The molecular formula is C32H31F6N7O3. The fourth-order valence-corrected chi connectivity index (χ4v) is 7.41. The molecule has 5 heterocycles. The first-order chi connectivity index (χ1) is 22.8. The van der Waals surface area contributed by atoms with Gasteiger partial charge < -0.3 is 24.7 Å². The second kappa shape index (κ2) is 11.5. The van der Waals surface area contributed by atoms with Gasteiger partial charge in [0.2, 0.25) is 5.91 Å². The van der Waals surface area contributed by atoms with Crippen LogP contribution in [-0.2, 0) is 11.0 Å². The maximum absolute atomic E-state index is 16.8. The van der Waals surface area contributed by atoms with Crippen LogP contribution in [0.2, 0.25) is 0 Å². The number of rotatable bonds is 7. The van der Waals surface area contributed by atoms with E-state index in [9.17, 15) is 26.7 Å². The molecule has 48 heavy (non-hydrogen) atoms. The van der Waals surface area contributed by atoms with Gasteiger partial charge in [-0.2, -0.15) is 28.1 Å². The molecular weight excluding hydrogens is 644 g/mol. The molecule has 0 aliphatic carbocycles. The van der Waals surface area contributed by atoms with Crippen molar-refractivity contribution in [2.24, 2.45) is 0 Å². The number of hydrogen-bond donors (Lipinski definition) is 1. The van der Waals surface area contributed by atoms with E-state index in [4.69, 9.17) is 14.9 Å². The van der Waals surface area contributed by atoms with Crippen LogP contribution in [-0.4, -0.2) is 88.2 Å². The van der Waals surface area contributed by atoms with E-state index in [0.717, 1.165) is 24.6 Å². The fourth-order valence-electron chi connectivity index (χ4n) is 7.41. The average molecular weight is 676 g/mol. The maximum atomic E-state index is 16.8. The van der Waals surface area contributed by atoms with Crippen LogP contribution in [0.15, 0.2) is 35.3 Å². The molecule has 254 valence electrons. The van der Waals surface area contributed by atoms with E-state index in [1.807, 2.05) is 4.90 Å². The number of likely N-dealkylation sites (tertiary alicyclic amines) is 1. The number of anilines is 2. The molecule has 3 aliphatic rings. The summed E-state index contributed by atoms with van der Waals surface area (Å²) >= 11 is 0. The van der Waals surface area contributed by atoms with Gasteiger partial charge in [0, 0.05) is 55.7 Å². The molecule has 1 amide bonds. The van der Waals surface area contributed by atoms with Crippen molar-refractivity contribution < 1.29 is 40.3 Å². The Balaban J connectivity index is 1.41. The van der Waals surface area contributed by atoms with Crippen LogP contribution in [0.5, 0.6) is 6.01 Å². The number of fused-ring (bicyclic) bond motifs is 3. The number of aromatic nitrogens is 3. The number of nitrogen functional groups attached to an aromatic ring is 1. The fraction of sp³-hybridized carbons (Fsp3) is 0.438. The van der Waals surface area contributed by atoms with Crippen LogP contribution in [0.4, 0.5) is 38.2 Å². The van der Waals surface area contributed by atoms with Gasteiger partial charge in [-0.1, -0.05) is 6.58 Å². The third-order valence-electron chi connectivity index (χ3n) is 9.74. The lowest BCUT2D eigenvalue weighted by molar-refractivity contribution is -0.137. The van der Waals surface area contributed by atoms with Crippen LogP contribution < -0.4 is 15.4 Å². The van der Waals surface area contributed by atoms with Crippen LogP contribution in [0.25, 0.3) is 33.1 Å². The summed E-state index contributed by atoms with van der Waals surface area (Å²) in [5.41, 5.74) is 0.817. The van der Waals surface area contributed by atoms with Crippen molar-refractivity contribution in [1.29, 1.82) is 0 Å². The van der Waals surface area contributed by atoms with Crippen molar-refractivity contribution in [3.05, 3.63) is 48.1 Å². The molecule has 3 aliphatic heterocycles. The van der Waals surface area contributed by atoms with Gasteiger partial charge in [-0.15, -0.1) is 0 Å². The molecule has 10 nitrogen and oxygen atoms in total. The van der Waals surface area contributed by atoms with Crippen LogP contribution in [0, 0.1) is 11.6 Å². The van der Waals surface area contributed by atoms with Crippen LogP contribution in [0.3, 0.4) is 0 Å². The quantitative estimate of drug-likeness (QED) is 0.201. The second-order valence-corrected chi connectivity index (χ2v) is 12.6. The molecule has 7 rings (SSSR count). The highest BCUT2D eigenvalue weighted by molar-refractivity contribution is 6.00. The highest BCUT2D eigenvalue weighted by Crippen LogP contribution is 2.46. The molecule has 0 radical (unpaired) electrons. The molecule has 2 aromatic carbocycles. The monoisotopic (exact) mass is 675 g/mol. The lowest BCUT2D eigenvalue weighted by Gasteiger charge is -2.31. The summed E-state index contributed by atoms with van der Waals surface area (Å²) in [6.07, 6.45) is -2.79. The summed E-state index contributed by atoms with van der Waals surface area (Å²) < 4.78 is 101. The van der Waals surface area contributed by atoms with E-state index in [2.05, 4.69) is 21.5 Å². The number of nitrogens with two attached hydrogens (primary N) is 1. The first kappa shape index (κ1) is 32.0. The van der Waals surface area contributed by atoms with Crippen molar-refractivity contribution in [2.45, 2.75) is 49.6 Å². The van der Waals surface area contributed by atoms with Gasteiger partial charge in [-0.05, 0) is 50.1 Å². The number of nitrogens with zero attached hydrogens (tertiary/aromatic N) is 6. The normalized spacial score (nSPS) is 22.9. The number of hydrogen-bond acceptors (Lipinski definition) is 9. The van der Waals surface area contributed by atoms with Crippen molar-refractivity contribution in [3.63, 3.8) is 0 Å². The molecule has 0 saturated carbocycles. The number of amides is 1. The van der Waals surface area contributed by atoms with Crippen LogP contribution in [0.1, 0.15) is 31.2 Å². The van der Waals surface area contributed by atoms with E-state index >= 15 is 4.39 Å². The number of carbonyl (C=O) groups excluding carboxylic acids is 1. The van der Waals surface area contributed by atoms with E-state index < -0.39 is 74.9 Å². The van der Waals surface area contributed by atoms with Gasteiger partial charge in [0.1, 0.15) is 29.6 Å². The molecule has 0 spiro atoms. The first-order valence-electron chi connectivity index (χ1n) is 15.4. The molecule has 4 aromatic rings. The predicted octanol–water partition coefficient (Wildman–Crippen LogP) is 5.50. The van der Waals surface area contributed by atoms with Gasteiger partial charge in [0.05, 0.1) is 11.1 Å². The maximum Gasteiger partial charge on any atom is 0.417 e. The van der Waals surface area contributed by atoms with Crippen molar-refractivity contribution in [2.75, 3.05) is 50.5 Å². The zero-order valence-electron chi connectivity index (χ0n) is 25.8. The number of alkyl halides is 4. The van der Waals surface area contributed by atoms with Crippen molar-refractivity contribution in [1.82, 2.24) is 24.8 Å². The van der Waals surface area contributed by atoms with E-state index in [1.165, 1.54) is 6.08 Å². The van der Waals surface area contributed by atoms with Crippen molar-refractivity contribution in [3.8, 4) is 17.1 Å². The summed E-state index contributed by atoms with van der Waals surface area (Å²) in [4.78, 5) is 30.0. The molecule has 3 atom stereocenters. The molecule has 2 N–H and O–H groups in total. The van der Waals surface area contributed by atoms with Gasteiger partial charge >= 0.3 is 12.2 Å². The average Bonchev–Trinajstić information content (AvgIpc) is 3.82. The Bertz CT molecular complexity index is 1950. The molecule has 2 aromatic heterocycles. The molecule has 3 saturated heterocycles. The summed E-state index contributed by atoms with van der Waals surface area (Å²) in [6.45, 7) is 5.02. The minimum atomic E-state index is -5.09. The molecule has 3 fully saturated rings. The third kappa shape index (κ3) is 5.25. The SMILES string of the molecule is C=CC(=O)N1CC[C@@H](N(C)c2nc(OC[C@@]34CCCN3C[C@H](F)C4)nc3c(F)c(-c4ccc(F)c5oc(N)nc45)c(C(F)(F)F)cc23)C1. The Morgan fingerprint density at radius 1 is 1.21 bits per heavy atom. The largest absolute Gasteiger partial charge is 0.461 e. The first-order valence-corrected chi connectivity index (χ1v) is 15.4. The Kier molecular flexibility index (Phi) is 7.68. The predicted molar refractivity (Wildman–Crippen MR) is 164 cm³/mol. The lowest BCUT2D eigenvalue weighted by Crippen LogP contribution is -2.43. The Labute approximate surface area is 270 Å². The number of ether oxygens (including phenoxy) is 1. The Morgan fingerprint density at radius 3 is 2.75 bits per heavy atom. The van der Waals surface area contributed by atoms with Crippen LogP contribution >= 0.6 is 0 Å². The van der Waals surface area contributed by atoms with Gasteiger partial charge in [-0.3, -0.25) is 9.69 Å². The lowest BCUT2D eigenvalue weighted by atomic mass is 9.94. The zero-order valence-corrected chi connectivity index (χ0v) is 25.8. The van der Waals surface area contributed by atoms with Gasteiger partial charge in [0.15, 0.2) is 17.2 Å². The Morgan fingerprint density at radius 2 is 2.00 bits per heavy atom. The third-order valence-corrected chi connectivity index (χ3v) is 9.74. The summed E-state index contributed by atoms with van der Waals surface area (Å²) in [6, 6.07) is 1.31. The minimum absolute atomic E-state index is 0.0148.